The highest BCUT2D eigenvalue weighted by Crippen LogP contribution is 2.48. The van der Waals surface area contributed by atoms with Crippen LogP contribution in [-0.2, 0) is 11.3 Å². The van der Waals surface area contributed by atoms with Crippen LogP contribution >= 0.6 is 22.9 Å². The summed E-state index contributed by atoms with van der Waals surface area (Å²) < 4.78 is 43.4. The van der Waals surface area contributed by atoms with Crippen molar-refractivity contribution in [2.75, 3.05) is 11.5 Å². The first kappa shape index (κ1) is 25.9. The van der Waals surface area contributed by atoms with Crippen LogP contribution in [-0.4, -0.2) is 45.6 Å². The minimum Gasteiger partial charge on any atom is -0.478 e. The number of carboxylic acids is 1. The summed E-state index contributed by atoms with van der Waals surface area (Å²) in [4.78, 5) is 18.3. The fourth-order valence-electron chi connectivity index (χ4n) is 6.26. The monoisotopic (exact) mass is 585 g/mol. The number of carboxylic acid groups (broad SMARTS) is 1. The highest BCUT2D eigenvalue weighted by molar-refractivity contribution is 7.22. The lowest BCUT2D eigenvalue weighted by Crippen LogP contribution is -2.51. The van der Waals surface area contributed by atoms with Crippen molar-refractivity contribution < 1.29 is 27.9 Å². The molecule has 40 heavy (non-hydrogen) atoms. The normalized spacial score (nSPS) is 24.2. The Hall–Kier alpha value is -3.08. The smallest absolute Gasteiger partial charge is 0.335 e. The summed E-state index contributed by atoms with van der Waals surface area (Å²) in [5.74, 6) is -0.593. The van der Waals surface area contributed by atoms with E-state index in [-0.39, 0.29) is 47.4 Å². The SMILES string of the molecule is O=C(O)c1ccc2nc(N3C4CCC3CC(F)(COCc3c(-c5c(F)cccc5Cl)noc3C3CC3)C4)sc2c1. The molecule has 2 aliphatic heterocycles. The quantitative estimate of drug-likeness (QED) is 0.231. The lowest BCUT2D eigenvalue weighted by atomic mass is 9.88. The Kier molecular flexibility index (Phi) is 6.32. The van der Waals surface area contributed by atoms with Crippen molar-refractivity contribution in [1.29, 1.82) is 0 Å². The van der Waals surface area contributed by atoms with Gasteiger partial charge in [0.25, 0.3) is 0 Å². The van der Waals surface area contributed by atoms with Crippen molar-refractivity contribution >= 4 is 44.3 Å². The van der Waals surface area contributed by atoms with Crippen LogP contribution in [0.25, 0.3) is 21.5 Å². The standard InChI is InChI=1S/C29H26ClF2N3O4S/c30-20-2-1-3-21(31)24(20)25-19(26(39-34-25)15-4-5-15)13-38-14-29(32)11-17-7-8-18(12-29)35(17)28-33-22-9-6-16(27(36)37)10-23(22)40-28/h1-3,6,9-10,15,17-18H,4-5,7-8,11-14H2,(H,36,37). The van der Waals surface area contributed by atoms with E-state index in [9.17, 15) is 14.3 Å². The average Bonchev–Trinajstić information content (AvgIpc) is 3.43. The molecule has 2 aromatic carbocycles. The molecule has 1 N–H and O–H groups in total. The minimum absolute atomic E-state index is 0.0164. The van der Waals surface area contributed by atoms with Crippen LogP contribution in [0.4, 0.5) is 13.9 Å². The number of piperidine rings is 1. The number of hydrogen-bond donors (Lipinski definition) is 1. The van der Waals surface area contributed by atoms with Crippen LogP contribution < -0.4 is 4.90 Å². The second kappa shape index (κ2) is 9.78. The number of ether oxygens (including phenoxy) is 1. The van der Waals surface area contributed by atoms with Gasteiger partial charge in [-0.05, 0) is 56.0 Å². The fraction of sp³-hybridized carbons (Fsp3) is 0.414. The van der Waals surface area contributed by atoms with E-state index >= 15 is 4.39 Å². The summed E-state index contributed by atoms with van der Waals surface area (Å²) >= 11 is 7.76. The highest BCUT2D eigenvalue weighted by Gasteiger charge is 2.50. The minimum atomic E-state index is -1.51. The van der Waals surface area contributed by atoms with Gasteiger partial charge in [0.1, 0.15) is 22.9 Å². The first-order chi connectivity index (χ1) is 19.3. The molecule has 2 atom stereocenters. The number of nitrogens with zero attached hydrogens (tertiary/aromatic N) is 3. The highest BCUT2D eigenvalue weighted by atomic mass is 35.5. The van der Waals surface area contributed by atoms with Gasteiger partial charge >= 0.3 is 5.97 Å². The maximum absolute atomic E-state index is 16.2. The zero-order valence-corrected chi connectivity index (χ0v) is 23.0. The number of benzene rings is 2. The number of rotatable bonds is 8. The van der Waals surface area contributed by atoms with Crippen molar-refractivity contribution in [3.63, 3.8) is 0 Å². The lowest BCUT2D eigenvalue weighted by Gasteiger charge is -2.42. The first-order valence-electron chi connectivity index (χ1n) is 13.4. The van der Waals surface area contributed by atoms with Gasteiger partial charge in [-0.15, -0.1) is 0 Å². The third-order valence-corrected chi connectivity index (χ3v) is 9.59. The molecule has 2 bridgehead atoms. The maximum atomic E-state index is 16.2. The maximum Gasteiger partial charge on any atom is 0.335 e. The molecule has 1 saturated carbocycles. The Morgan fingerprint density at radius 2 is 1.98 bits per heavy atom. The molecule has 11 heteroatoms. The molecule has 4 aromatic rings. The van der Waals surface area contributed by atoms with Crippen molar-refractivity contribution in [3.05, 3.63) is 64.1 Å². The topological polar surface area (TPSA) is 88.7 Å². The van der Waals surface area contributed by atoms with E-state index < -0.39 is 17.5 Å². The summed E-state index contributed by atoms with van der Waals surface area (Å²) in [6.07, 6.45) is 4.26. The summed E-state index contributed by atoms with van der Waals surface area (Å²) in [6.45, 7) is -0.0286. The number of alkyl halides is 1. The molecule has 2 aromatic heterocycles. The molecule has 0 amide bonds. The van der Waals surface area contributed by atoms with Gasteiger partial charge in [-0.2, -0.15) is 0 Å². The van der Waals surface area contributed by atoms with E-state index in [2.05, 4.69) is 10.1 Å². The van der Waals surface area contributed by atoms with Gasteiger partial charge < -0.3 is 19.3 Å². The van der Waals surface area contributed by atoms with Crippen molar-refractivity contribution in [3.8, 4) is 11.3 Å². The summed E-state index contributed by atoms with van der Waals surface area (Å²) in [5.41, 5.74) is 0.579. The van der Waals surface area contributed by atoms with E-state index in [0.717, 1.165) is 41.0 Å². The number of fused-ring (bicyclic) bond motifs is 3. The van der Waals surface area contributed by atoms with Crippen molar-refractivity contribution in [2.24, 2.45) is 0 Å². The van der Waals surface area contributed by atoms with E-state index in [4.69, 9.17) is 25.8 Å². The number of thiazole rings is 1. The van der Waals surface area contributed by atoms with Crippen LogP contribution in [0.2, 0.25) is 5.02 Å². The number of carbonyl (C=O) groups is 1. The number of halogens is 3. The van der Waals surface area contributed by atoms with Gasteiger partial charge in [0, 0.05) is 36.4 Å². The van der Waals surface area contributed by atoms with Gasteiger partial charge in [-0.3, -0.25) is 0 Å². The van der Waals surface area contributed by atoms with Crippen LogP contribution in [0.15, 0.2) is 40.9 Å². The number of aromatic carboxylic acids is 1. The van der Waals surface area contributed by atoms with E-state index in [1.54, 1.807) is 24.3 Å². The van der Waals surface area contributed by atoms with Crippen molar-refractivity contribution in [2.45, 2.75) is 68.8 Å². The third-order valence-electron chi connectivity index (χ3n) is 8.24. The Balaban J connectivity index is 1.07. The van der Waals surface area contributed by atoms with Crippen LogP contribution in [0, 0.1) is 5.82 Å². The largest absolute Gasteiger partial charge is 0.478 e. The number of aromatic nitrogens is 2. The molecule has 2 unspecified atom stereocenters. The number of anilines is 1. The fourth-order valence-corrected chi connectivity index (χ4v) is 7.66. The van der Waals surface area contributed by atoms with E-state index in [1.807, 2.05) is 0 Å². The average molecular weight is 586 g/mol. The molecule has 3 aliphatic rings. The molecule has 7 rings (SSSR count). The van der Waals surface area contributed by atoms with Gasteiger partial charge in [-0.25, -0.2) is 18.6 Å². The summed E-state index contributed by atoms with van der Waals surface area (Å²) in [7, 11) is 0. The summed E-state index contributed by atoms with van der Waals surface area (Å²) in [5, 5.41) is 14.5. The third kappa shape index (κ3) is 4.55. The Morgan fingerprint density at radius 1 is 1.20 bits per heavy atom. The van der Waals surface area contributed by atoms with E-state index in [1.165, 1.54) is 23.5 Å². The zero-order chi connectivity index (χ0) is 27.6. The van der Waals surface area contributed by atoms with Crippen LogP contribution in [0.1, 0.15) is 66.1 Å². The molecule has 7 nitrogen and oxygen atoms in total. The molecule has 4 heterocycles. The molecule has 0 spiro atoms. The number of hydrogen-bond acceptors (Lipinski definition) is 7. The summed E-state index contributed by atoms with van der Waals surface area (Å²) in [6, 6.07) is 9.35. The predicted molar refractivity (Wildman–Crippen MR) is 147 cm³/mol. The molecule has 208 valence electrons. The molecular formula is C29H26ClF2N3O4S. The van der Waals surface area contributed by atoms with Crippen LogP contribution in [0.5, 0.6) is 0 Å². The van der Waals surface area contributed by atoms with Gasteiger partial charge in [0.15, 0.2) is 5.13 Å². The Morgan fingerprint density at radius 3 is 2.67 bits per heavy atom. The lowest BCUT2D eigenvalue weighted by molar-refractivity contribution is -0.0164. The second-order valence-corrected chi connectivity index (χ2v) is 12.5. The molecule has 2 saturated heterocycles. The van der Waals surface area contributed by atoms with E-state index in [0.29, 0.717) is 29.9 Å². The molecule has 1 aliphatic carbocycles. The molecular weight excluding hydrogens is 560 g/mol. The second-order valence-electron chi connectivity index (χ2n) is 11.1. The van der Waals surface area contributed by atoms with Crippen molar-refractivity contribution in [1.82, 2.24) is 10.1 Å². The van der Waals surface area contributed by atoms with Crippen LogP contribution in [0.3, 0.4) is 0 Å². The first-order valence-corrected chi connectivity index (χ1v) is 14.6. The molecule has 0 radical (unpaired) electrons. The Labute approximate surface area is 237 Å². The van der Waals surface area contributed by atoms with Gasteiger partial charge in [-0.1, -0.05) is 34.2 Å². The zero-order valence-electron chi connectivity index (χ0n) is 21.4. The Bertz CT molecular complexity index is 1590. The van der Waals surface area contributed by atoms with Gasteiger partial charge in [0.2, 0.25) is 0 Å². The predicted octanol–water partition coefficient (Wildman–Crippen LogP) is 7.38. The van der Waals surface area contributed by atoms with Gasteiger partial charge in [0.05, 0.1) is 39.6 Å². The molecule has 3 fully saturated rings.